The molecule has 6 nitrogen and oxygen atoms in total. The minimum atomic E-state index is -0.368. The molecule has 27 heavy (non-hydrogen) atoms. The van der Waals surface area contributed by atoms with E-state index in [-0.39, 0.29) is 22.8 Å². The normalized spacial score (nSPS) is 19.4. The lowest BCUT2D eigenvalue weighted by Gasteiger charge is -2.38. The molecule has 0 aliphatic carbocycles. The van der Waals surface area contributed by atoms with Gasteiger partial charge in [-0.2, -0.15) is 0 Å². The first-order valence-electron chi connectivity index (χ1n) is 8.86. The summed E-state index contributed by atoms with van der Waals surface area (Å²) in [6.45, 7) is 3.27. The maximum absolute atomic E-state index is 10.9. The Morgan fingerprint density at radius 1 is 1.15 bits per heavy atom. The third-order valence-electron chi connectivity index (χ3n) is 5.63. The standard InChI is InChI=1S/C21H18N2O4/c1-21(11-14-4-6-16(7-5-14)23(24)25)17-10-19-18(26-13-27-19)9-15(17)12-22-8-2-3-20(21)22/h2-10H,11-13H2,1H3. The largest absolute Gasteiger partial charge is 0.454 e. The molecule has 1 aromatic heterocycles. The molecule has 3 heterocycles. The molecule has 1 atom stereocenters. The van der Waals surface area contributed by atoms with Crippen LogP contribution in [0.3, 0.4) is 0 Å². The van der Waals surface area contributed by atoms with E-state index >= 15 is 0 Å². The molecule has 136 valence electrons. The Morgan fingerprint density at radius 2 is 1.89 bits per heavy atom. The summed E-state index contributed by atoms with van der Waals surface area (Å²) in [5.74, 6) is 1.57. The fourth-order valence-corrected chi connectivity index (χ4v) is 4.33. The Bertz CT molecular complexity index is 1050. The van der Waals surface area contributed by atoms with E-state index in [4.69, 9.17) is 9.47 Å². The van der Waals surface area contributed by atoms with Gasteiger partial charge in [0.15, 0.2) is 11.5 Å². The summed E-state index contributed by atoms with van der Waals surface area (Å²) in [7, 11) is 0. The zero-order valence-electron chi connectivity index (χ0n) is 14.8. The van der Waals surface area contributed by atoms with Crippen molar-refractivity contribution in [2.24, 2.45) is 0 Å². The van der Waals surface area contributed by atoms with Crippen molar-refractivity contribution < 1.29 is 14.4 Å². The predicted molar refractivity (Wildman–Crippen MR) is 99.4 cm³/mol. The van der Waals surface area contributed by atoms with Crippen LogP contribution in [-0.4, -0.2) is 16.3 Å². The molecule has 0 spiro atoms. The van der Waals surface area contributed by atoms with E-state index in [0.717, 1.165) is 30.0 Å². The highest BCUT2D eigenvalue weighted by atomic mass is 16.7. The van der Waals surface area contributed by atoms with E-state index in [1.807, 2.05) is 12.1 Å². The summed E-state index contributed by atoms with van der Waals surface area (Å²) in [6.07, 6.45) is 2.83. The summed E-state index contributed by atoms with van der Waals surface area (Å²) >= 11 is 0. The quantitative estimate of drug-likeness (QED) is 0.521. The van der Waals surface area contributed by atoms with Crippen molar-refractivity contribution in [3.05, 3.63) is 87.2 Å². The second kappa shape index (κ2) is 5.61. The monoisotopic (exact) mass is 362 g/mol. The average Bonchev–Trinajstić information content (AvgIpc) is 3.30. The first-order valence-corrected chi connectivity index (χ1v) is 8.86. The van der Waals surface area contributed by atoms with E-state index in [1.54, 1.807) is 12.1 Å². The van der Waals surface area contributed by atoms with Gasteiger partial charge in [0.1, 0.15) is 0 Å². The van der Waals surface area contributed by atoms with Crippen molar-refractivity contribution in [3.63, 3.8) is 0 Å². The number of benzene rings is 2. The molecule has 1 unspecified atom stereocenters. The van der Waals surface area contributed by atoms with Crippen molar-refractivity contribution in [1.82, 2.24) is 4.57 Å². The van der Waals surface area contributed by atoms with Gasteiger partial charge in [-0.05, 0) is 54.3 Å². The molecular formula is C21H18N2O4. The maximum atomic E-state index is 10.9. The van der Waals surface area contributed by atoms with Crippen LogP contribution in [0.25, 0.3) is 0 Å². The van der Waals surface area contributed by atoms with Gasteiger partial charge >= 0.3 is 0 Å². The lowest BCUT2D eigenvalue weighted by molar-refractivity contribution is -0.384. The minimum Gasteiger partial charge on any atom is -0.454 e. The smallest absolute Gasteiger partial charge is 0.269 e. The number of nitrogens with zero attached hydrogens (tertiary/aromatic N) is 2. The van der Waals surface area contributed by atoms with Crippen LogP contribution >= 0.6 is 0 Å². The van der Waals surface area contributed by atoms with E-state index < -0.39 is 0 Å². The molecule has 0 fully saturated rings. The lowest BCUT2D eigenvalue weighted by atomic mass is 9.71. The second-order valence-electron chi connectivity index (χ2n) is 7.32. The number of hydrogen-bond donors (Lipinski definition) is 0. The number of aromatic nitrogens is 1. The van der Waals surface area contributed by atoms with Gasteiger partial charge in [0.25, 0.3) is 5.69 Å². The molecule has 3 aromatic rings. The predicted octanol–water partition coefficient (Wildman–Crippen LogP) is 4.04. The van der Waals surface area contributed by atoms with Crippen molar-refractivity contribution in [3.8, 4) is 11.5 Å². The van der Waals surface area contributed by atoms with Crippen LogP contribution in [0.2, 0.25) is 0 Å². The van der Waals surface area contributed by atoms with Crippen LogP contribution in [-0.2, 0) is 18.4 Å². The average molecular weight is 362 g/mol. The second-order valence-corrected chi connectivity index (χ2v) is 7.32. The molecule has 0 bridgehead atoms. The number of rotatable bonds is 3. The zero-order valence-corrected chi connectivity index (χ0v) is 14.8. The van der Waals surface area contributed by atoms with Gasteiger partial charge < -0.3 is 14.0 Å². The first-order chi connectivity index (χ1) is 13.0. The summed E-state index contributed by atoms with van der Waals surface area (Å²) in [4.78, 5) is 10.6. The Kier molecular flexibility index (Phi) is 3.31. The summed E-state index contributed by atoms with van der Waals surface area (Å²) in [6, 6.07) is 15.2. The topological polar surface area (TPSA) is 66.5 Å². The molecular weight excluding hydrogens is 344 g/mol. The molecule has 0 amide bonds. The van der Waals surface area contributed by atoms with Crippen molar-refractivity contribution in [2.45, 2.75) is 25.3 Å². The van der Waals surface area contributed by atoms with Crippen LogP contribution in [0.4, 0.5) is 5.69 Å². The van der Waals surface area contributed by atoms with Crippen molar-refractivity contribution >= 4 is 5.69 Å². The molecule has 0 N–H and O–H groups in total. The Balaban J connectivity index is 1.61. The molecule has 2 aromatic carbocycles. The van der Waals surface area contributed by atoms with E-state index in [9.17, 15) is 10.1 Å². The van der Waals surface area contributed by atoms with Crippen LogP contribution < -0.4 is 9.47 Å². The molecule has 2 aliphatic heterocycles. The molecule has 5 rings (SSSR count). The van der Waals surface area contributed by atoms with Gasteiger partial charge in [-0.25, -0.2) is 0 Å². The van der Waals surface area contributed by atoms with E-state index in [1.165, 1.54) is 16.8 Å². The van der Waals surface area contributed by atoms with Gasteiger partial charge in [-0.3, -0.25) is 10.1 Å². The third-order valence-corrected chi connectivity index (χ3v) is 5.63. The van der Waals surface area contributed by atoms with Gasteiger partial charge in [0.05, 0.1) is 4.92 Å². The van der Waals surface area contributed by atoms with Crippen LogP contribution in [0.1, 0.15) is 29.3 Å². The van der Waals surface area contributed by atoms with Crippen LogP contribution in [0.15, 0.2) is 54.7 Å². The number of ether oxygens (including phenoxy) is 2. The highest BCUT2D eigenvalue weighted by molar-refractivity contribution is 5.55. The number of nitro groups is 1. The minimum absolute atomic E-state index is 0.111. The summed E-state index contributed by atoms with van der Waals surface area (Å²) in [5, 5.41) is 10.9. The lowest BCUT2D eigenvalue weighted by Crippen LogP contribution is -2.35. The summed E-state index contributed by atoms with van der Waals surface area (Å²) < 4.78 is 13.4. The van der Waals surface area contributed by atoms with E-state index in [2.05, 4.69) is 42.0 Å². The fraction of sp³-hybridized carbons (Fsp3) is 0.238. The Labute approximate surface area is 156 Å². The molecule has 0 radical (unpaired) electrons. The molecule has 6 heteroatoms. The molecule has 2 aliphatic rings. The van der Waals surface area contributed by atoms with Gasteiger partial charge in [0, 0.05) is 36.0 Å². The third kappa shape index (κ3) is 2.40. The van der Waals surface area contributed by atoms with Gasteiger partial charge in [-0.15, -0.1) is 0 Å². The Hall–Kier alpha value is -3.28. The fourth-order valence-electron chi connectivity index (χ4n) is 4.33. The number of hydrogen-bond acceptors (Lipinski definition) is 4. The molecule has 0 saturated carbocycles. The van der Waals surface area contributed by atoms with E-state index in [0.29, 0.717) is 0 Å². The van der Waals surface area contributed by atoms with Gasteiger partial charge in [0.2, 0.25) is 6.79 Å². The highest BCUT2D eigenvalue weighted by Gasteiger charge is 2.38. The maximum Gasteiger partial charge on any atom is 0.269 e. The number of nitro benzene ring substituents is 1. The van der Waals surface area contributed by atoms with Crippen molar-refractivity contribution in [1.29, 1.82) is 0 Å². The molecule has 0 saturated heterocycles. The number of non-ortho nitro benzene ring substituents is 1. The first kappa shape index (κ1) is 15.9. The summed E-state index contributed by atoms with van der Waals surface area (Å²) in [5.41, 5.74) is 4.56. The number of fused-ring (bicyclic) bond motifs is 3. The highest BCUT2D eigenvalue weighted by Crippen LogP contribution is 2.46. The SMILES string of the molecule is CC1(Cc2ccc([N+](=O)[O-])cc2)c2cc3c(cc2Cn2cccc21)OCO3. The van der Waals surface area contributed by atoms with Crippen LogP contribution in [0, 0.1) is 10.1 Å². The Morgan fingerprint density at radius 3 is 2.63 bits per heavy atom. The van der Waals surface area contributed by atoms with Crippen LogP contribution in [0.5, 0.6) is 11.5 Å². The zero-order chi connectivity index (χ0) is 18.6. The van der Waals surface area contributed by atoms with Crippen molar-refractivity contribution in [2.75, 3.05) is 6.79 Å². The van der Waals surface area contributed by atoms with Gasteiger partial charge in [-0.1, -0.05) is 12.1 Å².